The number of carbonyl (C=O) groups is 3. The van der Waals surface area contributed by atoms with E-state index in [-0.39, 0.29) is 28.7 Å². The van der Waals surface area contributed by atoms with Gasteiger partial charge in [0.05, 0.1) is 11.2 Å². The SMILES string of the molecule is CC(=O)c1ccc(NC(=O)CCN2CCN(c3cc4c(cc3F)c(=O)c(C(=O)O)cn4C3CC3)CC2)cc1. The molecule has 1 aliphatic carbocycles. The molecule has 2 aromatic carbocycles. The summed E-state index contributed by atoms with van der Waals surface area (Å²) in [4.78, 5) is 52.1. The van der Waals surface area contributed by atoms with E-state index in [0.29, 0.717) is 61.6 Å². The number of rotatable bonds is 8. The molecule has 2 heterocycles. The van der Waals surface area contributed by atoms with Crippen molar-refractivity contribution < 1.29 is 23.9 Å². The molecule has 2 fully saturated rings. The number of Topliss-reactive ketones (excluding diaryl/α,β-unsaturated/α-hetero) is 1. The predicted molar refractivity (Wildman–Crippen MR) is 142 cm³/mol. The summed E-state index contributed by atoms with van der Waals surface area (Å²) in [5.74, 6) is -2.02. The van der Waals surface area contributed by atoms with E-state index in [1.165, 1.54) is 13.1 Å². The van der Waals surface area contributed by atoms with Crippen LogP contribution in [0.25, 0.3) is 10.9 Å². The van der Waals surface area contributed by atoms with Crippen LogP contribution in [0.1, 0.15) is 52.9 Å². The van der Waals surface area contributed by atoms with Crippen molar-refractivity contribution in [2.75, 3.05) is 42.9 Å². The molecule has 2 N–H and O–H groups in total. The molecule has 1 aromatic heterocycles. The highest BCUT2D eigenvalue weighted by Gasteiger charge is 2.28. The van der Waals surface area contributed by atoms with Gasteiger partial charge in [-0.05, 0) is 56.2 Å². The zero-order chi connectivity index (χ0) is 27.0. The van der Waals surface area contributed by atoms with Crippen molar-refractivity contribution in [3.05, 3.63) is 69.8 Å². The third-order valence-corrected chi connectivity index (χ3v) is 7.21. The molecule has 1 amide bonds. The average molecular weight is 521 g/mol. The van der Waals surface area contributed by atoms with Gasteiger partial charge in [-0.25, -0.2) is 9.18 Å². The van der Waals surface area contributed by atoms with E-state index >= 15 is 4.39 Å². The number of pyridine rings is 1. The Kier molecular flexibility index (Phi) is 6.98. The van der Waals surface area contributed by atoms with E-state index in [4.69, 9.17) is 0 Å². The van der Waals surface area contributed by atoms with Gasteiger partial charge in [-0.1, -0.05) is 0 Å². The monoisotopic (exact) mass is 520 g/mol. The minimum Gasteiger partial charge on any atom is -0.477 e. The molecular weight excluding hydrogens is 491 g/mol. The van der Waals surface area contributed by atoms with Gasteiger partial charge in [0, 0.05) is 68.0 Å². The molecule has 0 unspecified atom stereocenters. The first-order chi connectivity index (χ1) is 18.2. The number of anilines is 2. The second kappa shape index (κ2) is 10.4. The summed E-state index contributed by atoms with van der Waals surface area (Å²) in [6.45, 7) is 4.45. The molecule has 1 saturated carbocycles. The molecule has 9 nitrogen and oxygen atoms in total. The maximum atomic E-state index is 15.2. The number of nitrogens with zero attached hydrogens (tertiary/aromatic N) is 3. The first-order valence-electron chi connectivity index (χ1n) is 12.7. The van der Waals surface area contributed by atoms with Crippen LogP contribution >= 0.6 is 0 Å². The molecule has 10 heteroatoms. The van der Waals surface area contributed by atoms with Crippen LogP contribution in [0.5, 0.6) is 0 Å². The maximum Gasteiger partial charge on any atom is 0.341 e. The van der Waals surface area contributed by atoms with Gasteiger partial charge >= 0.3 is 5.97 Å². The average Bonchev–Trinajstić information content (AvgIpc) is 3.74. The van der Waals surface area contributed by atoms with Crippen molar-refractivity contribution >= 4 is 39.9 Å². The number of carboxylic acid groups (broad SMARTS) is 1. The van der Waals surface area contributed by atoms with Gasteiger partial charge in [-0.3, -0.25) is 19.3 Å². The number of halogens is 1. The Bertz CT molecular complexity index is 1470. The Balaban J connectivity index is 1.22. The van der Waals surface area contributed by atoms with E-state index in [2.05, 4.69) is 10.2 Å². The second-order valence-electron chi connectivity index (χ2n) is 9.90. The third kappa shape index (κ3) is 5.31. The number of benzene rings is 2. The molecule has 1 saturated heterocycles. The Labute approximate surface area is 218 Å². The minimum atomic E-state index is -1.31. The zero-order valence-electron chi connectivity index (χ0n) is 21.1. The van der Waals surface area contributed by atoms with Crippen LogP contribution in [-0.4, -0.2) is 65.0 Å². The summed E-state index contributed by atoms with van der Waals surface area (Å²) in [5, 5.41) is 12.4. The number of carbonyl (C=O) groups excluding carboxylic acids is 2. The van der Waals surface area contributed by atoms with Crippen LogP contribution in [0.4, 0.5) is 15.8 Å². The summed E-state index contributed by atoms with van der Waals surface area (Å²) in [7, 11) is 0. The highest BCUT2D eigenvalue weighted by molar-refractivity contribution is 5.96. The van der Waals surface area contributed by atoms with E-state index in [1.54, 1.807) is 34.9 Å². The third-order valence-electron chi connectivity index (χ3n) is 7.21. The number of amides is 1. The van der Waals surface area contributed by atoms with Gasteiger partial charge in [-0.15, -0.1) is 0 Å². The predicted octanol–water partition coefficient (Wildman–Crippen LogP) is 3.53. The van der Waals surface area contributed by atoms with Gasteiger partial charge < -0.3 is 19.9 Å². The quantitative estimate of drug-likeness (QED) is 0.437. The fourth-order valence-corrected chi connectivity index (χ4v) is 4.89. The van der Waals surface area contributed by atoms with Crippen molar-refractivity contribution in [2.24, 2.45) is 0 Å². The summed E-state index contributed by atoms with van der Waals surface area (Å²) in [5.41, 5.74) is 1.14. The van der Waals surface area contributed by atoms with E-state index in [1.807, 2.05) is 4.90 Å². The number of hydrogen-bond acceptors (Lipinski definition) is 6. The van der Waals surface area contributed by atoms with Gasteiger partial charge in [0.25, 0.3) is 0 Å². The highest BCUT2D eigenvalue weighted by atomic mass is 19.1. The first kappa shape index (κ1) is 25.6. The van der Waals surface area contributed by atoms with Gasteiger partial charge in [0.1, 0.15) is 11.4 Å². The fourth-order valence-electron chi connectivity index (χ4n) is 4.89. The standard InChI is InChI=1S/C28H29FN4O5/c1-17(34)18-2-4-19(5-3-18)30-26(35)8-9-31-10-12-32(13-11-31)25-15-24-21(14-23(25)29)27(36)22(28(37)38)16-33(24)20-6-7-20/h2-5,14-16,20H,6-13H2,1H3,(H,30,35)(H,37,38). The Morgan fingerprint density at radius 2 is 1.74 bits per heavy atom. The lowest BCUT2D eigenvalue weighted by Gasteiger charge is -2.36. The fraction of sp³-hybridized carbons (Fsp3) is 0.357. The number of fused-ring (bicyclic) bond motifs is 1. The molecule has 0 bridgehead atoms. The summed E-state index contributed by atoms with van der Waals surface area (Å²) < 4.78 is 17.0. The number of piperazine rings is 1. The van der Waals surface area contributed by atoms with Crippen LogP contribution in [0.2, 0.25) is 0 Å². The van der Waals surface area contributed by atoms with Crippen molar-refractivity contribution in [2.45, 2.75) is 32.2 Å². The molecule has 0 radical (unpaired) electrons. The number of aromatic nitrogens is 1. The number of aromatic carboxylic acids is 1. The molecule has 38 heavy (non-hydrogen) atoms. The van der Waals surface area contributed by atoms with Crippen LogP contribution in [0.3, 0.4) is 0 Å². The van der Waals surface area contributed by atoms with Crippen LogP contribution in [0, 0.1) is 5.82 Å². The van der Waals surface area contributed by atoms with Gasteiger partial charge in [0.2, 0.25) is 11.3 Å². The van der Waals surface area contributed by atoms with Crippen molar-refractivity contribution in [3.63, 3.8) is 0 Å². The Morgan fingerprint density at radius 3 is 2.34 bits per heavy atom. The zero-order valence-corrected chi connectivity index (χ0v) is 21.1. The smallest absolute Gasteiger partial charge is 0.341 e. The highest BCUT2D eigenvalue weighted by Crippen LogP contribution is 2.38. The molecule has 1 aliphatic heterocycles. The van der Waals surface area contributed by atoms with Crippen LogP contribution < -0.4 is 15.6 Å². The molecule has 0 spiro atoms. The van der Waals surface area contributed by atoms with Crippen molar-refractivity contribution in [1.82, 2.24) is 9.47 Å². The molecular formula is C28H29FN4O5. The lowest BCUT2D eigenvalue weighted by atomic mass is 10.1. The minimum absolute atomic E-state index is 0.0322. The molecule has 5 rings (SSSR count). The Hall–Kier alpha value is -4.05. The topological polar surface area (TPSA) is 112 Å². The van der Waals surface area contributed by atoms with Crippen LogP contribution in [0.15, 0.2) is 47.4 Å². The maximum absolute atomic E-state index is 15.2. The van der Waals surface area contributed by atoms with E-state index in [9.17, 15) is 24.3 Å². The normalized spacial score (nSPS) is 16.0. The first-order valence-corrected chi connectivity index (χ1v) is 12.7. The van der Waals surface area contributed by atoms with E-state index < -0.39 is 17.2 Å². The van der Waals surface area contributed by atoms with Crippen LogP contribution in [-0.2, 0) is 4.79 Å². The van der Waals surface area contributed by atoms with Gasteiger partial charge in [-0.2, -0.15) is 0 Å². The van der Waals surface area contributed by atoms with Crippen molar-refractivity contribution in [1.29, 1.82) is 0 Å². The number of hydrogen-bond donors (Lipinski definition) is 2. The number of nitrogens with one attached hydrogen (secondary N) is 1. The van der Waals surface area contributed by atoms with E-state index in [0.717, 1.165) is 18.9 Å². The summed E-state index contributed by atoms with van der Waals surface area (Å²) in [6.07, 6.45) is 3.46. The number of ketones is 1. The Morgan fingerprint density at radius 1 is 1.05 bits per heavy atom. The summed E-state index contributed by atoms with van der Waals surface area (Å²) in [6, 6.07) is 9.71. The molecule has 198 valence electrons. The lowest BCUT2D eigenvalue weighted by molar-refractivity contribution is -0.116. The largest absolute Gasteiger partial charge is 0.477 e. The number of carboxylic acids is 1. The molecule has 2 aliphatic rings. The van der Waals surface area contributed by atoms with Crippen molar-refractivity contribution in [3.8, 4) is 0 Å². The van der Waals surface area contributed by atoms with Gasteiger partial charge in [0.15, 0.2) is 5.78 Å². The molecule has 3 aromatic rings. The molecule has 0 atom stereocenters. The second-order valence-corrected chi connectivity index (χ2v) is 9.90. The lowest BCUT2D eigenvalue weighted by Crippen LogP contribution is -2.47. The summed E-state index contributed by atoms with van der Waals surface area (Å²) >= 11 is 0.